The smallest absolute Gasteiger partial charge is 0.214 e. The number of aliphatic hydroxyl groups is 4. The van der Waals surface area contributed by atoms with E-state index in [1.165, 1.54) is 38.5 Å². The van der Waals surface area contributed by atoms with Gasteiger partial charge in [0.1, 0.15) is 23.9 Å². The Hall–Kier alpha value is -1.45. The number of aromatic nitrogens is 1. The van der Waals surface area contributed by atoms with E-state index in [1.54, 1.807) is 18.3 Å². The van der Waals surface area contributed by atoms with Crippen molar-refractivity contribution >= 4 is 5.78 Å². The summed E-state index contributed by atoms with van der Waals surface area (Å²) < 4.78 is 11.2. The molecule has 0 bridgehead atoms. The lowest BCUT2D eigenvalue weighted by Gasteiger charge is -2.41. The van der Waals surface area contributed by atoms with Gasteiger partial charge in [-0.1, -0.05) is 64.7 Å². The molecule has 0 amide bonds. The van der Waals surface area contributed by atoms with E-state index in [0.29, 0.717) is 12.3 Å². The lowest BCUT2D eigenvalue weighted by atomic mass is 9.85. The fourth-order valence-corrected chi connectivity index (χ4v) is 4.20. The van der Waals surface area contributed by atoms with Crippen LogP contribution in [0.3, 0.4) is 0 Å². The number of aliphatic hydroxyl groups excluding tert-OH is 4. The van der Waals surface area contributed by atoms with Gasteiger partial charge in [0.25, 0.3) is 0 Å². The molecule has 1 aromatic rings. The van der Waals surface area contributed by atoms with E-state index in [-0.39, 0.29) is 6.42 Å². The van der Waals surface area contributed by atoms with Gasteiger partial charge in [0, 0.05) is 12.6 Å². The number of Topliss-reactive ketones (excluding diaryl/α,β-unsaturated/α-hetero) is 1. The van der Waals surface area contributed by atoms with E-state index in [4.69, 9.17) is 9.47 Å². The molecular weight excluding hydrogens is 414 g/mol. The Morgan fingerprint density at radius 3 is 2.34 bits per heavy atom. The lowest BCUT2D eigenvalue weighted by Crippen LogP contribution is -2.59. The zero-order valence-electron chi connectivity index (χ0n) is 19.2. The SMILES string of the molecule is CCCCCCCCCCCC(O)CC(=O)[C@@H]1[C@@H](Oc2ccc[nH]2)O[C@H](CO)[C@@H](O)[C@@H]1O. The molecular formula is C24H41NO7. The monoisotopic (exact) mass is 455 g/mol. The van der Waals surface area contributed by atoms with E-state index in [9.17, 15) is 25.2 Å². The second-order valence-corrected chi connectivity index (χ2v) is 8.83. The van der Waals surface area contributed by atoms with Crippen molar-refractivity contribution in [1.29, 1.82) is 0 Å². The molecule has 1 unspecified atom stereocenters. The summed E-state index contributed by atoms with van der Waals surface area (Å²) in [6.07, 6.45) is 6.61. The molecule has 2 heterocycles. The highest BCUT2D eigenvalue weighted by Gasteiger charge is 2.49. The van der Waals surface area contributed by atoms with Crippen molar-refractivity contribution in [2.45, 2.75) is 108 Å². The highest BCUT2D eigenvalue weighted by Crippen LogP contribution is 2.30. The third-order valence-electron chi connectivity index (χ3n) is 6.14. The molecule has 0 aliphatic carbocycles. The number of rotatable bonds is 16. The molecule has 0 spiro atoms. The van der Waals surface area contributed by atoms with Gasteiger partial charge in [-0.3, -0.25) is 4.79 Å². The predicted molar refractivity (Wildman–Crippen MR) is 120 cm³/mol. The zero-order valence-corrected chi connectivity index (χ0v) is 19.2. The lowest BCUT2D eigenvalue weighted by molar-refractivity contribution is -0.256. The van der Waals surface area contributed by atoms with Crippen LogP contribution in [-0.2, 0) is 9.53 Å². The van der Waals surface area contributed by atoms with Crippen molar-refractivity contribution in [3.05, 3.63) is 18.3 Å². The van der Waals surface area contributed by atoms with Gasteiger partial charge in [-0.05, 0) is 18.6 Å². The minimum absolute atomic E-state index is 0.150. The second-order valence-electron chi connectivity index (χ2n) is 8.83. The molecule has 2 rings (SSSR count). The first-order valence-electron chi connectivity index (χ1n) is 12.1. The molecule has 1 saturated heterocycles. The van der Waals surface area contributed by atoms with Gasteiger partial charge >= 0.3 is 0 Å². The largest absolute Gasteiger partial charge is 0.449 e. The van der Waals surface area contributed by atoms with Gasteiger partial charge in [-0.2, -0.15) is 0 Å². The highest BCUT2D eigenvalue weighted by atomic mass is 16.7. The summed E-state index contributed by atoms with van der Waals surface area (Å²) in [5, 5.41) is 40.5. The van der Waals surface area contributed by atoms with E-state index in [1.807, 2.05) is 0 Å². The molecule has 1 fully saturated rings. The number of aromatic amines is 1. The first-order chi connectivity index (χ1) is 15.5. The third-order valence-corrected chi connectivity index (χ3v) is 6.14. The summed E-state index contributed by atoms with van der Waals surface area (Å²) in [5.41, 5.74) is 0. The number of nitrogens with one attached hydrogen (secondary N) is 1. The van der Waals surface area contributed by atoms with Gasteiger partial charge in [-0.15, -0.1) is 0 Å². The average molecular weight is 456 g/mol. The second kappa shape index (κ2) is 14.6. The van der Waals surface area contributed by atoms with Crippen molar-refractivity contribution in [2.24, 2.45) is 5.92 Å². The summed E-state index contributed by atoms with van der Waals surface area (Å²) in [4.78, 5) is 15.7. The Kier molecular flexibility index (Phi) is 12.3. The molecule has 0 radical (unpaired) electrons. The van der Waals surface area contributed by atoms with E-state index in [2.05, 4.69) is 11.9 Å². The van der Waals surface area contributed by atoms with Crippen LogP contribution in [0.5, 0.6) is 5.88 Å². The topological polar surface area (TPSA) is 132 Å². The molecule has 1 aliphatic heterocycles. The van der Waals surface area contributed by atoms with Gasteiger partial charge in [0.2, 0.25) is 6.29 Å². The van der Waals surface area contributed by atoms with Crippen LogP contribution in [-0.4, -0.2) is 68.5 Å². The maximum absolute atomic E-state index is 12.9. The Morgan fingerprint density at radius 2 is 1.75 bits per heavy atom. The number of carbonyl (C=O) groups is 1. The van der Waals surface area contributed by atoms with Crippen molar-refractivity contribution in [2.75, 3.05) is 6.61 Å². The standard InChI is InChI=1S/C24H41NO7/c1-2-3-4-5-6-7-8-9-10-12-17(27)15-18(28)21-23(30)22(29)19(16-26)31-24(21)32-20-13-11-14-25-20/h11,13-14,17,19,21-27,29-30H,2-10,12,15-16H2,1H3/t17?,19-,21+,22-,23-,24-/m1/s1. The van der Waals surface area contributed by atoms with Crippen molar-refractivity contribution < 1.29 is 34.7 Å². The van der Waals surface area contributed by atoms with Crippen LogP contribution >= 0.6 is 0 Å². The molecule has 5 N–H and O–H groups in total. The minimum atomic E-state index is -1.46. The minimum Gasteiger partial charge on any atom is -0.449 e. The fraction of sp³-hybridized carbons (Fsp3) is 0.792. The molecule has 1 aromatic heterocycles. The van der Waals surface area contributed by atoms with Crippen molar-refractivity contribution in [3.8, 4) is 5.88 Å². The van der Waals surface area contributed by atoms with Crippen LogP contribution in [0, 0.1) is 5.92 Å². The van der Waals surface area contributed by atoms with Gasteiger partial charge < -0.3 is 34.9 Å². The number of carbonyl (C=O) groups excluding carboxylic acids is 1. The maximum atomic E-state index is 12.9. The van der Waals surface area contributed by atoms with Gasteiger partial charge in [0.05, 0.1) is 18.8 Å². The van der Waals surface area contributed by atoms with Crippen LogP contribution in [0.4, 0.5) is 0 Å². The Balaban J connectivity index is 1.79. The van der Waals surface area contributed by atoms with Crippen LogP contribution < -0.4 is 4.74 Å². The Labute approximate surface area is 190 Å². The zero-order chi connectivity index (χ0) is 23.3. The third kappa shape index (κ3) is 8.48. The molecule has 8 heteroatoms. The first-order valence-corrected chi connectivity index (χ1v) is 12.1. The quantitative estimate of drug-likeness (QED) is 0.242. The van der Waals surface area contributed by atoms with Crippen LogP contribution in [0.1, 0.15) is 77.6 Å². The molecule has 8 nitrogen and oxygen atoms in total. The molecule has 6 atom stereocenters. The molecule has 0 aromatic carbocycles. The number of hydrogen-bond acceptors (Lipinski definition) is 7. The van der Waals surface area contributed by atoms with E-state index in [0.717, 1.165) is 19.3 Å². The van der Waals surface area contributed by atoms with Crippen LogP contribution in [0.25, 0.3) is 0 Å². The van der Waals surface area contributed by atoms with E-state index >= 15 is 0 Å². The molecule has 32 heavy (non-hydrogen) atoms. The maximum Gasteiger partial charge on any atom is 0.214 e. The normalized spacial score (nSPS) is 26.7. The molecule has 1 aliphatic rings. The number of hydrogen-bond donors (Lipinski definition) is 5. The van der Waals surface area contributed by atoms with Crippen LogP contribution in [0.2, 0.25) is 0 Å². The van der Waals surface area contributed by atoms with Crippen molar-refractivity contribution in [3.63, 3.8) is 0 Å². The highest BCUT2D eigenvalue weighted by molar-refractivity contribution is 5.82. The average Bonchev–Trinajstić information content (AvgIpc) is 3.28. The number of ether oxygens (including phenoxy) is 2. The number of unbranched alkanes of at least 4 members (excludes halogenated alkanes) is 8. The van der Waals surface area contributed by atoms with Gasteiger partial charge in [-0.25, -0.2) is 0 Å². The molecule has 184 valence electrons. The van der Waals surface area contributed by atoms with Gasteiger partial charge in [0.15, 0.2) is 5.88 Å². The predicted octanol–water partition coefficient (Wildman–Crippen LogP) is 2.69. The van der Waals surface area contributed by atoms with Crippen molar-refractivity contribution in [1.82, 2.24) is 4.98 Å². The summed E-state index contributed by atoms with van der Waals surface area (Å²) in [6, 6.07) is 3.34. The van der Waals surface area contributed by atoms with E-state index < -0.39 is 49.0 Å². The van der Waals surface area contributed by atoms with Crippen LogP contribution in [0.15, 0.2) is 18.3 Å². The fourth-order valence-electron chi connectivity index (χ4n) is 4.20. The summed E-state index contributed by atoms with van der Waals surface area (Å²) in [5.74, 6) is -1.27. The number of H-pyrrole nitrogens is 1. The summed E-state index contributed by atoms with van der Waals surface area (Å²) in [7, 11) is 0. The molecule has 0 saturated carbocycles. The Morgan fingerprint density at radius 1 is 1.09 bits per heavy atom. The summed E-state index contributed by atoms with van der Waals surface area (Å²) in [6.45, 7) is 1.69. The first kappa shape index (κ1) is 26.8. The Bertz CT molecular complexity index is 624. The number of ketones is 1. The summed E-state index contributed by atoms with van der Waals surface area (Å²) >= 11 is 0.